The van der Waals surface area contributed by atoms with Gasteiger partial charge in [0.2, 0.25) is 5.91 Å². The molecule has 1 fully saturated rings. The van der Waals surface area contributed by atoms with Gasteiger partial charge in [-0.1, -0.05) is 17.7 Å². The molecule has 2 aromatic heterocycles. The number of nitrogens with two attached hydrogens (primary N) is 1. The lowest BCUT2D eigenvalue weighted by Crippen LogP contribution is -2.30. The van der Waals surface area contributed by atoms with Gasteiger partial charge in [0.15, 0.2) is 5.78 Å². The van der Waals surface area contributed by atoms with Gasteiger partial charge < -0.3 is 10.6 Å². The summed E-state index contributed by atoms with van der Waals surface area (Å²) in [4.78, 5) is 27.5. The SMILES string of the molecule is Cc1ccc(-n2ncc(C(=O)[C@@H]3CCN(C(=O)CCCn4nc(C)cc4C)C3)c2N)cc1. The lowest BCUT2D eigenvalue weighted by molar-refractivity contribution is -0.130. The van der Waals surface area contributed by atoms with Crippen molar-refractivity contribution in [3.8, 4) is 5.69 Å². The van der Waals surface area contributed by atoms with E-state index in [1.807, 2.05) is 55.8 Å². The van der Waals surface area contributed by atoms with Gasteiger partial charge in [-0.05, 0) is 51.8 Å². The first kappa shape index (κ1) is 21.8. The fourth-order valence-corrected chi connectivity index (χ4v) is 4.30. The number of likely N-dealkylation sites (tertiary alicyclic amines) is 1. The molecule has 1 saturated heterocycles. The van der Waals surface area contributed by atoms with Crippen LogP contribution < -0.4 is 5.73 Å². The number of carbonyl (C=O) groups excluding carboxylic acids is 2. The third-order valence-corrected chi connectivity index (χ3v) is 6.13. The summed E-state index contributed by atoms with van der Waals surface area (Å²) < 4.78 is 3.52. The Bertz CT molecular complexity index is 1130. The minimum absolute atomic E-state index is 0.0428. The summed E-state index contributed by atoms with van der Waals surface area (Å²) in [5.74, 6) is 0.144. The van der Waals surface area contributed by atoms with Crippen LogP contribution in [0.25, 0.3) is 5.69 Å². The predicted molar refractivity (Wildman–Crippen MR) is 123 cm³/mol. The smallest absolute Gasteiger partial charge is 0.222 e. The predicted octanol–water partition coefficient (Wildman–Crippen LogP) is 3.09. The summed E-state index contributed by atoms with van der Waals surface area (Å²) in [7, 11) is 0. The zero-order valence-corrected chi connectivity index (χ0v) is 18.9. The molecule has 0 radical (unpaired) electrons. The molecule has 8 nitrogen and oxygen atoms in total. The summed E-state index contributed by atoms with van der Waals surface area (Å²) in [5, 5.41) is 8.76. The average Bonchev–Trinajstić information content (AvgIpc) is 3.47. The molecule has 0 spiro atoms. The van der Waals surface area contributed by atoms with Crippen LogP contribution in [0.5, 0.6) is 0 Å². The van der Waals surface area contributed by atoms with Crippen molar-refractivity contribution in [3.63, 3.8) is 0 Å². The van der Waals surface area contributed by atoms with Gasteiger partial charge >= 0.3 is 0 Å². The van der Waals surface area contributed by atoms with Crippen LogP contribution in [-0.4, -0.2) is 49.2 Å². The van der Waals surface area contributed by atoms with Crippen molar-refractivity contribution in [2.24, 2.45) is 5.92 Å². The molecule has 32 heavy (non-hydrogen) atoms. The van der Waals surface area contributed by atoms with Crippen LogP contribution in [0.3, 0.4) is 0 Å². The molecule has 168 valence electrons. The first-order valence-corrected chi connectivity index (χ1v) is 11.1. The second-order valence-electron chi connectivity index (χ2n) is 8.63. The minimum Gasteiger partial charge on any atom is -0.383 e. The van der Waals surface area contributed by atoms with Gasteiger partial charge in [0.05, 0.1) is 23.1 Å². The first-order valence-electron chi connectivity index (χ1n) is 11.1. The summed E-state index contributed by atoms with van der Waals surface area (Å²) in [6.07, 6.45) is 3.37. The largest absolute Gasteiger partial charge is 0.383 e. The summed E-state index contributed by atoms with van der Waals surface area (Å²) in [6.45, 7) is 7.75. The molecule has 0 saturated carbocycles. The van der Waals surface area contributed by atoms with Crippen LogP contribution in [0, 0.1) is 26.7 Å². The molecule has 0 aliphatic carbocycles. The fraction of sp³-hybridized carbons (Fsp3) is 0.417. The van der Waals surface area contributed by atoms with E-state index in [0.29, 0.717) is 37.3 Å². The highest BCUT2D eigenvalue weighted by atomic mass is 16.2. The number of amides is 1. The van der Waals surface area contributed by atoms with Gasteiger partial charge in [0.25, 0.3) is 0 Å². The van der Waals surface area contributed by atoms with Crippen molar-refractivity contribution in [2.45, 2.75) is 46.6 Å². The van der Waals surface area contributed by atoms with Crippen molar-refractivity contribution in [2.75, 3.05) is 18.8 Å². The maximum Gasteiger partial charge on any atom is 0.222 e. The van der Waals surface area contributed by atoms with E-state index in [1.54, 1.807) is 9.58 Å². The molecule has 1 aliphatic rings. The molecule has 1 atom stereocenters. The van der Waals surface area contributed by atoms with Crippen molar-refractivity contribution >= 4 is 17.5 Å². The molecular weight excluding hydrogens is 404 g/mol. The Hall–Kier alpha value is -3.42. The Morgan fingerprint density at radius 2 is 1.91 bits per heavy atom. The molecule has 1 aliphatic heterocycles. The zero-order valence-electron chi connectivity index (χ0n) is 18.9. The van der Waals surface area contributed by atoms with E-state index < -0.39 is 0 Å². The normalized spacial score (nSPS) is 16.0. The number of hydrogen-bond donors (Lipinski definition) is 1. The van der Waals surface area contributed by atoms with Crippen LogP contribution in [0.2, 0.25) is 0 Å². The highest BCUT2D eigenvalue weighted by molar-refractivity contribution is 6.02. The number of Topliss-reactive ketones (excluding diaryl/α,β-unsaturated/α-hetero) is 1. The number of rotatable bonds is 7. The average molecular weight is 435 g/mol. The number of carbonyl (C=O) groups is 2. The van der Waals surface area contributed by atoms with E-state index in [4.69, 9.17) is 5.73 Å². The molecule has 0 unspecified atom stereocenters. The van der Waals surface area contributed by atoms with Gasteiger partial charge in [-0.25, -0.2) is 4.68 Å². The van der Waals surface area contributed by atoms with Crippen LogP contribution in [-0.2, 0) is 11.3 Å². The lowest BCUT2D eigenvalue weighted by atomic mass is 9.98. The molecule has 2 N–H and O–H groups in total. The van der Waals surface area contributed by atoms with Crippen LogP contribution in [0.15, 0.2) is 36.5 Å². The summed E-state index contributed by atoms with van der Waals surface area (Å²) >= 11 is 0. The Balaban J connectivity index is 1.34. The molecular formula is C24H30N6O2. The van der Waals surface area contributed by atoms with E-state index in [1.165, 1.54) is 6.20 Å². The standard InChI is InChI=1S/C24H30N6O2/c1-16-6-8-20(9-7-16)30-24(25)21(14-26-30)23(32)19-10-12-28(15-19)22(31)5-4-11-29-18(3)13-17(2)27-29/h6-9,13-14,19H,4-5,10-12,15,25H2,1-3H3/t19-/m1/s1. The number of ketones is 1. The maximum atomic E-state index is 13.1. The minimum atomic E-state index is -0.243. The van der Waals surface area contributed by atoms with Crippen LogP contribution in [0.4, 0.5) is 5.82 Å². The monoisotopic (exact) mass is 434 g/mol. The first-order chi connectivity index (χ1) is 15.3. The highest BCUT2D eigenvalue weighted by Gasteiger charge is 2.33. The molecule has 8 heteroatoms. The molecule has 1 aromatic carbocycles. The van der Waals surface area contributed by atoms with Gasteiger partial charge in [0.1, 0.15) is 5.82 Å². The Morgan fingerprint density at radius 3 is 2.59 bits per heavy atom. The van der Waals surface area contributed by atoms with Crippen molar-refractivity contribution in [1.29, 1.82) is 0 Å². The van der Waals surface area contributed by atoms with Gasteiger partial charge in [-0.15, -0.1) is 0 Å². The van der Waals surface area contributed by atoms with Gasteiger partial charge in [-0.3, -0.25) is 14.3 Å². The number of anilines is 1. The van der Waals surface area contributed by atoms with Crippen LogP contribution >= 0.6 is 0 Å². The Labute approximate surface area is 188 Å². The number of aryl methyl sites for hydroxylation is 4. The maximum absolute atomic E-state index is 13.1. The molecule has 4 rings (SSSR count). The van der Waals surface area contributed by atoms with Gasteiger partial charge in [-0.2, -0.15) is 10.2 Å². The number of nitrogen functional groups attached to an aromatic ring is 1. The van der Waals surface area contributed by atoms with Crippen LogP contribution in [0.1, 0.15) is 46.6 Å². The number of nitrogens with zero attached hydrogens (tertiary/aromatic N) is 5. The highest BCUT2D eigenvalue weighted by Crippen LogP contribution is 2.26. The zero-order chi connectivity index (χ0) is 22.8. The van der Waals surface area contributed by atoms with E-state index in [-0.39, 0.29) is 17.6 Å². The molecule has 3 heterocycles. The topological polar surface area (TPSA) is 99.0 Å². The second-order valence-corrected chi connectivity index (χ2v) is 8.63. The lowest BCUT2D eigenvalue weighted by Gasteiger charge is -2.16. The van der Waals surface area contributed by atoms with E-state index in [9.17, 15) is 9.59 Å². The molecule has 0 bridgehead atoms. The van der Waals surface area contributed by atoms with E-state index in [2.05, 4.69) is 10.2 Å². The van der Waals surface area contributed by atoms with Gasteiger partial charge in [0, 0.05) is 37.7 Å². The quantitative estimate of drug-likeness (QED) is 0.576. The number of hydrogen-bond acceptors (Lipinski definition) is 5. The number of aromatic nitrogens is 4. The number of benzene rings is 1. The summed E-state index contributed by atoms with van der Waals surface area (Å²) in [6, 6.07) is 9.84. The molecule has 1 amide bonds. The third-order valence-electron chi connectivity index (χ3n) is 6.13. The Kier molecular flexibility index (Phi) is 6.12. The second kappa shape index (κ2) is 8.98. The summed E-state index contributed by atoms with van der Waals surface area (Å²) in [5.41, 5.74) is 10.7. The Morgan fingerprint density at radius 1 is 1.16 bits per heavy atom. The fourth-order valence-electron chi connectivity index (χ4n) is 4.30. The third kappa shape index (κ3) is 4.44. The van der Waals surface area contributed by atoms with E-state index in [0.717, 1.165) is 35.6 Å². The van der Waals surface area contributed by atoms with Crippen molar-refractivity contribution in [3.05, 3.63) is 59.0 Å². The molecule has 3 aromatic rings. The van der Waals surface area contributed by atoms with Crippen molar-refractivity contribution in [1.82, 2.24) is 24.5 Å². The van der Waals surface area contributed by atoms with Crippen molar-refractivity contribution < 1.29 is 9.59 Å². The van der Waals surface area contributed by atoms with E-state index >= 15 is 0 Å².